The minimum Gasteiger partial charge on any atom is -0.389 e. The molecule has 1 unspecified atom stereocenters. The summed E-state index contributed by atoms with van der Waals surface area (Å²) in [4.78, 5) is 0.426. The van der Waals surface area contributed by atoms with E-state index in [1.54, 1.807) is 0 Å². The molecular weight excluding hydrogens is 244 g/mol. The van der Waals surface area contributed by atoms with Gasteiger partial charge in [0.05, 0.1) is 5.60 Å². The number of nitrogens with one attached hydrogen (secondary N) is 1. The van der Waals surface area contributed by atoms with Crippen LogP contribution in [0.3, 0.4) is 0 Å². The van der Waals surface area contributed by atoms with E-state index in [9.17, 15) is 0 Å². The number of anilines is 1. The zero-order chi connectivity index (χ0) is 13.2. The molecule has 0 aliphatic carbocycles. The standard InChI is InChI=1S/C14H20N2OS/c1-10-4-5-11(13(15)18)12(8-10)16-9-14(2)6-3-7-17-14/h4-5,8,16H,3,6-7,9H2,1-2H3,(H2,15,18). The van der Waals surface area contributed by atoms with Crippen molar-refractivity contribution in [3.05, 3.63) is 29.3 Å². The number of nitrogens with two attached hydrogens (primary N) is 1. The van der Waals surface area contributed by atoms with Gasteiger partial charge in [-0.1, -0.05) is 18.3 Å². The van der Waals surface area contributed by atoms with E-state index >= 15 is 0 Å². The first kappa shape index (κ1) is 13.3. The molecule has 2 rings (SSSR count). The molecule has 1 heterocycles. The molecule has 1 aromatic carbocycles. The van der Waals surface area contributed by atoms with Crippen LogP contribution >= 0.6 is 12.2 Å². The molecule has 1 aromatic rings. The Hall–Kier alpha value is -1.13. The van der Waals surface area contributed by atoms with Gasteiger partial charge in [0, 0.05) is 24.4 Å². The third-order valence-corrected chi connectivity index (χ3v) is 3.61. The van der Waals surface area contributed by atoms with Gasteiger partial charge < -0.3 is 15.8 Å². The maximum Gasteiger partial charge on any atom is 0.106 e. The second kappa shape index (κ2) is 5.24. The second-order valence-corrected chi connectivity index (χ2v) is 5.61. The van der Waals surface area contributed by atoms with E-state index in [4.69, 9.17) is 22.7 Å². The van der Waals surface area contributed by atoms with Crippen LogP contribution in [0.2, 0.25) is 0 Å². The average molecular weight is 264 g/mol. The quantitative estimate of drug-likeness (QED) is 0.821. The Morgan fingerprint density at radius 3 is 2.94 bits per heavy atom. The van der Waals surface area contributed by atoms with E-state index in [2.05, 4.69) is 25.2 Å². The van der Waals surface area contributed by atoms with Crippen LogP contribution < -0.4 is 11.1 Å². The number of ether oxygens (including phenoxy) is 1. The molecule has 3 nitrogen and oxygen atoms in total. The third-order valence-electron chi connectivity index (χ3n) is 3.39. The maximum atomic E-state index is 5.77. The van der Waals surface area contributed by atoms with Crippen LogP contribution in [0.1, 0.15) is 30.9 Å². The van der Waals surface area contributed by atoms with Gasteiger partial charge in [0.1, 0.15) is 4.99 Å². The summed E-state index contributed by atoms with van der Waals surface area (Å²) < 4.78 is 5.77. The fourth-order valence-corrected chi connectivity index (χ4v) is 2.46. The summed E-state index contributed by atoms with van der Waals surface area (Å²) in [5.41, 5.74) is 8.76. The van der Waals surface area contributed by atoms with Crippen LogP contribution in [0.15, 0.2) is 18.2 Å². The average Bonchev–Trinajstić information content (AvgIpc) is 2.74. The van der Waals surface area contributed by atoms with Gasteiger partial charge in [-0.3, -0.25) is 0 Å². The Morgan fingerprint density at radius 1 is 1.56 bits per heavy atom. The van der Waals surface area contributed by atoms with Crippen LogP contribution in [0.5, 0.6) is 0 Å². The van der Waals surface area contributed by atoms with Crippen molar-refractivity contribution in [2.24, 2.45) is 5.73 Å². The van der Waals surface area contributed by atoms with Gasteiger partial charge in [0.25, 0.3) is 0 Å². The molecule has 0 amide bonds. The fourth-order valence-electron chi connectivity index (χ4n) is 2.28. The zero-order valence-corrected chi connectivity index (χ0v) is 11.8. The second-order valence-electron chi connectivity index (χ2n) is 5.17. The first-order chi connectivity index (χ1) is 8.50. The highest BCUT2D eigenvalue weighted by atomic mass is 32.1. The maximum absolute atomic E-state index is 5.77. The van der Waals surface area contributed by atoms with Crippen LogP contribution in [-0.2, 0) is 4.74 Å². The van der Waals surface area contributed by atoms with E-state index in [1.165, 1.54) is 5.56 Å². The molecule has 1 fully saturated rings. The SMILES string of the molecule is Cc1ccc(C(N)=S)c(NCC2(C)CCCO2)c1. The summed E-state index contributed by atoms with van der Waals surface area (Å²) in [5, 5.41) is 3.43. The molecule has 1 atom stereocenters. The zero-order valence-electron chi connectivity index (χ0n) is 11.0. The molecule has 98 valence electrons. The molecule has 0 bridgehead atoms. The van der Waals surface area contributed by atoms with Gasteiger partial charge in [-0.2, -0.15) is 0 Å². The van der Waals surface area contributed by atoms with Gasteiger partial charge in [-0.15, -0.1) is 0 Å². The predicted molar refractivity (Wildman–Crippen MR) is 79.1 cm³/mol. The lowest BCUT2D eigenvalue weighted by molar-refractivity contribution is 0.0315. The minimum absolute atomic E-state index is 0.0722. The molecule has 0 spiro atoms. The number of rotatable bonds is 4. The topological polar surface area (TPSA) is 47.3 Å². The van der Waals surface area contributed by atoms with Gasteiger partial charge in [0.15, 0.2) is 0 Å². The molecular formula is C14H20N2OS. The van der Waals surface area contributed by atoms with Crippen molar-refractivity contribution in [2.45, 2.75) is 32.3 Å². The van der Waals surface area contributed by atoms with E-state index < -0.39 is 0 Å². The van der Waals surface area contributed by atoms with Gasteiger partial charge >= 0.3 is 0 Å². The largest absolute Gasteiger partial charge is 0.389 e. The van der Waals surface area contributed by atoms with Gasteiger partial charge in [-0.05, 0) is 44.4 Å². The van der Waals surface area contributed by atoms with Crippen LogP contribution in [0, 0.1) is 6.92 Å². The summed E-state index contributed by atoms with van der Waals surface area (Å²) in [7, 11) is 0. The molecule has 0 radical (unpaired) electrons. The summed E-state index contributed by atoms with van der Waals surface area (Å²) in [5.74, 6) is 0. The smallest absolute Gasteiger partial charge is 0.106 e. The van der Waals surface area contributed by atoms with Crippen molar-refractivity contribution in [3.63, 3.8) is 0 Å². The Kier molecular flexibility index (Phi) is 3.88. The monoisotopic (exact) mass is 264 g/mol. The van der Waals surface area contributed by atoms with Gasteiger partial charge in [0.2, 0.25) is 0 Å². The minimum atomic E-state index is -0.0722. The van der Waals surface area contributed by atoms with Crippen molar-refractivity contribution in [2.75, 3.05) is 18.5 Å². The summed E-state index contributed by atoms with van der Waals surface area (Å²) in [6.07, 6.45) is 2.22. The first-order valence-corrected chi connectivity index (χ1v) is 6.69. The van der Waals surface area contributed by atoms with Crippen molar-refractivity contribution >= 4 is 22.9 Å². The third kappa shape index (κ3) is 3.00. The summed E-state index contributed by atoms with van der Waals surface area (Å²) >= 11 is 5.08. The van der Waals surface area contributed by atoms with Crippen molar-refractivity contribution < 1.29 is 4.74 Å². The molecule has 4 heteroatoms. The van der Waals surface area contributed by atoms with Crippen LogP contribution in [-0.4, -0.2) is 23.7 Å². The number of thiocarbonyl (C=S) groups is 1. The molecule has 1 aliphatic rings. The molecule has 18 heavy (non-hydrogen) atoms. The summed E-state index contributed by atoms with van der Waals surface area (Å²) in [6.45, 7) is 5.84. The molecule has 0 saturated carbocycles. The van der Waals surface area contributed by atoms with Crippen LogP contribution in [0.25, 0.3) is 0 Å². The first-order valence-electron chi connectivity index (χ1n) is 6.28. The highest BCUT2D eigenvalue weighted by Gasteiger charge is 2.29. The highest BCUT2D eigenvalue weighted by molar-refractivity contribution is 7.80. The Morgan fingerprint density at radius 2 is 2.33 bits per heavy atom. The molecule has 0 aromatic heterocycles. The Bertz CT molecular complexity index is 453. The van der Waals surface area contributed by atoms with Crippen molar-refractivity contribution in [1.29, 1.82) is 0 Å². The lowest BCUT2D eigenvalue weighted by atomic mass is 10.0. The number of benzene rings is 1. The molecule has 1 saturated heterocycles. The Balaban J connectivity index is 2.12. The van der Waals surface area contributed by atoms with E-state index in [1.807, 2.05) is 12.1 Å². The van der Waals surface area contributed by atoms with E-state index in [0.717, 1.165) is 37.2 Å². The normalized spacial score (nSPS) is 23.0. The van der Waals surface area contributed by atoms with E-state index in [-0.39, 0.29) is 5.60 Å². The number of aryl methyl sites for hydroxylation is 1. The summed E-state index contributed by atoms with van der Waals surface area (Å²) in [6, 6.07) is 6.07. The van der Waals surface area contributed by atoms with Crippen LogP contribution in [0.4, 0.5) is 5.69 Å². The lowest BCUT2D eigenvalue weighted by Crippen LogP contribution is -2.33. The number of hydrogen-bond acceptors (Lipinski definition) is 3. The number of hydrogen-bond donors (Lipinski definition) is 2. The lowest BCUT2D eigenvalue weighted by Gasteiger charge is -2.25. The van der Waals surface area contributed by atoms with Crippen molar-refractivity contribution in [1.82, 2.24) is 0 Å². The van der Waals surface area contributed by atoms with Crippen molar-refractivity contribution in [3.8, 4) is 0 Å². The fraction of sp³-hybridized carbons (Fsp3) is 0.500. The Labute approximate surface area is 114 Å². The van der Waals surface area contributed by atoms with E-state index in [0.29, 0.717) is 4.99 Å². The molecule has 3 N–H and O–H groups in total. The molecule has 1 aliphatic heterocycles. The van der Waals surface area contributed by atoms with Gasteiger partial charge in [-0.25, -0.2) is 0 Å². The highest BCUT2D eigenvalue weighted by Crippen LogP contribution is 2.26. The predicted octanol–water partition coefficient (Wildman–Crippen LogP) is 2.61.